The average molecular weight is 289 g/mol. The summed E-state index contributed by atoms with van der Waals surface area (Å²) in [6.07, 6.45) is 3.72. The zero-order valence-electron chi connectivity index (χ0n) is 10.1. The van der Waals surface area contributed by atoms with E-state index < -0.39 is 0 Å². The first kappa shape index (κ1) is 12.4. The zero-order valence-corrected chi connectivity index (χ0v) is 11.7. The zero-order chi connectivity index (χ0) is 12.1. The fourth-order valence-corrected chi connectivity index (χ4v) is 2.31. The van der Waals surface area contributed by atoms with Crippen molar-refractivity contribution in [2.45, 2.75) is 26.2 Å². The predicted octanol–water partition coefficient (Wildman–Crippen LogP) is 5.46. The molecule has 2 rings (SSSR count). The molecule has 0 bridgehead atoms. The highest BCUT2D eigenvalue weighted by atomic mass is 79.9. The fourth-order valence-electron chi connectivity index (χ4n) is 1.91. The Morgan fingerprint density at radius 1 is 0.941 bits per heavy atom. The van der Waals surface area contributed by atoms with E-state index in [0.717, 1.165) is 4.47 Å². The molecule has 0 fully saturated rings. The van der Waals surface area contributed by atoms with E-state index >= 15 is 0 Å². The summed E-state index contributed by atoms with van der Waals surface area (Å²) >= 11 is 3.51. The molecule has 0 N–H and O–H groups in total. The Labute approximate surface area is 112 Å². The summed E-state index contributed by atoms with van der Waals surface area (Å²) in [6.45, 7) is 2.23. The van der Waals surface area contributed by atoms with E-state index in [2.05, 4.69) is 71.4 Å². The van der Waals surface area contributed by atoms with E-state index in [4.69, 9.17) is 0 Å². The molecular weight excluding hydrogens is 272 g/mol. The fraction of sp³-hybridized carbons (Fsp3) is 0.250. The average Bonchev–Trinajstić information content (AvgIpc) is 2.37. The van der Waals surface area contributed by atoms with E-state index in [-0.39, 0.29) is 0 Å². The molecule has 0 aliphatic rings. The van der Waals surface area contributed by atoms with Gasteiger partial charge in [-0.25, -0.2) is 0 Å². The van der Waals surface area contributed by atoms with Gasteiger partial charge < -0.3 is 0 Å². The molecular formula is C16H17Br. The summed E-state index contributed by atoms with van der Waals surface area (Å²) in [4.78, 5) is 0. The minimum atomic E-state index is 1.13. The number of benzene rings is 2. The van der Waals surface area contributed by atoms with Gasteiger partial charge >= 0.3 is 0 Å². The monoisotopic (exact) mass is 288 g/mol. The SMILES string of the molecule is CCCCc1ccc(-c2cccc(Br)c2)cc1. The van der Waals surface area contributed by atoms with E-state index in [1.54, 1.807) is 0 Å². The summed E-state index contributed by atoms with van der Waals surface area (Å²) in [6, 6.07) is 17.3. The molecule has 0 unspecified atom stereocenters. The van der Waals surface area contributed by atoms with Crippen LogP contribution in [0.2, 0.25) is 0 Å². The molecule has 1 heteroatoms. The molecule has 0 aliphatic carbocycles. The van der Waals surface area contributed by atoms with E-state index in [1.807, 2.05) is 0 Å². The topological polar surface area (TPSA) is 0 Å². The number of aryl methyl sites for hydroxylation is 1. The maximum atomic E-state index is 3.51. The normalized spacial score (nSPS) is 10.5. The number of unbranched alkanes of at least 4 members (excludes halogenated alkanes) is 1. The molecule has 17 heavy (non-hydrogen) atoms. The van der Waals surface area contributed by atoms with Crippen LogP contribution in [0.3, 0.4) is 0 Å². The van der Waals surface area contributed by atoms with Crippen LogP contribution >= 0.6 is 15.9 Å². The summed E-state index contributed by atoms with van der Waals surface area (Å²) < 4.78 is 1.13. The minimum Gasteiger partial charge on any atom is -0.0654 e. The summed E-state index contributed by atoms with van der Waals surface area (Å²) in [5.74, 6) is 0. The maximum Gasteiger partial charge on any atom is 0.0181 e. The Morgan fingerprint density at radius 3 is 2.35 bits per heavy atom. The highest BCUT2D eigenvalue weighted by molar-refractivity contribution is 9.10. The molecule has 0 spiro atoms. The quantitative estimate of drug-likeness (QED) is 0.701. The van der Waals surface area contributed by atoms with Gasteiger partial charge in [-0.05, 0) is 41.7 Å². The van der Waals surface area contributed by atoms with Crippen LogP contribution in [0.5, 0.6) is 0 Å². The molecule has 0 saturated heterocycles. The van der Waals surface area contributed by atoms with Crippen LogP contribution in [0, 0.1) is 0 Å². The van der Waals surface area contributed by atoms with Crippen molar-refractivity contribution in [1.82, 2.24) is 0 Å². The largest absolute Gasteiger partial charge is 0.0654 e. The first-order valence-corrected chi connectivity index (χ1v) is 6.94. The third kappa shape index (κ3) is 3.44. The van der Waals surface area contributed by atoms with Crippen LogP contribution in [0.4, 0.5) is 0 Å². The van der Waals surface area contributed by atoms with E-state index in [1.165, 1.54) is 36.0 Å². The molecule has 2 aromatic rings. The molecule has 88 valence electrons. The van der Waals surface area contributed by atoms with Gasteiger partial charge in [-0.1, -0.05) is 65.7 Å². The van der Waals surface area contributed by atoms with Gasteiger partial charge in [-0.2, -0.15) is 0 Å². The van der Waals surface area contributed by atoms with Gasteiger partial charge in [0.1, 0.15) is 0 Å². The molecule has 2 aromatic carbocycles. The highest BCUT2D eigenvalue weighted by Gasteiger charge is 1.98. The van der Waals surface area contributed by atoms with Crippen molar-refractivity contribution in [3.63, 3.8) is 0 Å². The van der Waals surface area contributed by atoms with Crippen molar-refractivity contribution in [3.8, 4) is 11.1 Å². The third-order valence-corrected chi connectivity index (χ3v) is 3.42. The Morgan fingerprint density at radius 2 is 1.71 bits per heavy atom. The lowest BCUT2D eigenvalue weighted by atomic mass is 10.0. The Hall–Kier alpha value is -1.08. The van der Waals surface area contributed by atoms with Crippen LogP contribution in [-0.4, -0.2) is 0 Å². The van der Waals surface area contributed by atoms with Gasteiger partial charge in [0.05, 0.1) is 0 Å². The summed E-state index contributed by atoms with van der Waals surface area (Å²) in [5.41, 5.74) is 3.98. The first-order chi connectivity index (χ1) is 8.29. The van der Waals surface area contributed by atoms with Gasteiger partial charge in [0.25, 0.3) is 0 Å². The van der Waals surface area contributed by atoms with Crippen LogP contribution in [0.15, 0.2) is 53.0 Å². The van der Waals surface area contributed by atoms with Crippen LogP contribution in [-0.2, 0) is 6.42 Å². The summed E-state index contributed by atoms with van der Waals surface area (Å²) in [5, 5.41) is 0. The smallest absolute Gasteiger partial charge is 0.0181 e. The lowest BCUT2D eigenvalue weighted by Gasteiger charge is -2.04. The van der Waals surface area contributed by atoms with Crippen molar-refractivity contribution in [2.75, 3.05) is 0 Å². The maximum absolute atomic E-state index is 3.51. The second kappa shape index (κ2) is 6.02. The van der Waals surface area contributed by atoms with Crippen LogP contribution in [0.1, 0.15) is 25.3 Å². The van der Waals surface area contributed by atoms with Crippen molar-refractivity contribution >= 4 is 15.9 Å². The number of hydrogen-bond acceptors (Lipinski definition) is 0. The van der Waals surface area contributed by atoms with Gasteiger partial charge in [-0.15, -0.1) is 0 Å². The molecule has 0 amide bonds. The Balaban J connectivity index is 2.17. The number of hydrogen-bond donors (Lipinski definition) is 0. The molecule has 0 saturated carbocycles. The van der Waals surface area contributed by atoms with Crippen LogP contribution in [0.25, 0.3) is 11.1 Å². The molecule has 0 radical (unpaired) electrons. The van der Waals surface area contributed by atoms with Gasteiger partial charge in [0, 0.05) is 4.47 Å². The Bertz CT molecular complexity index is 471. The second-order valence-electron chi connectivity index (χ2n) is 4.31. The van der Waals surface area contributed by atoms with Crippen molar-refractivity contribution in [1.29, 1.82) is 0 Å². The summed E-state index contributed by atoms with van der Waals surface area (Å²) in [7, 11) is 0. The lowest BCUT2D eigenvalue weighted by Crippen LogP contribution is -1.85. The van der Waals surface area contributed by atoms with Gasteiger partial charge in [-0.3, -0.25) is 0 Å². The number of rotatable bonds is 4. The molecule has 0 heterocycles. The van der Waals surface area contributed by atoms with Crippen LogP contribution < -0.4 is 0 Å². The highest BCUT2D eigenvalue weighted by Crippen LogP contribution is 2.23. The van der Waals surface area contributed by atoms with Gasteiger partial charge in [0.15, 0.2) is 0 Å². The Kier molecular flexibility index (Phi) is 4.38. The standard InChI is InChI=1S/C16H17Br/c1-2-3-5-13-8-10-14(11-9-13)15-6-4-7-16(17)12-15/h4,6-12H,2-3,5H2,1H3. The van der Waals surface area contributed by atoms with Crippen molar-refractivity contribution in [2.24, 2.45) is 0 Å². The third-order valence-electron chi connectivity index (χ3n) is 2.93. The predicted molar refractivity (Wildman–Crippen MR) is 78.2 cm³/mol. The minimum absolute atomic E-state index is 1.13. The van der Waals surface area contributed by atoms with Crippen molar-refractivity contribution < 1.29 is 0 Å². The van der Waals surface area contributed by atoms with E-state index in [9.17, 15) is 0 Å². The molecule has 0 aromatic heterocycles. The van der Waals surface area contributed by atoms with Gasteiger partial charge in [0.2, 0.25) is 0 Å². The van der Waals surface area contributed by atoms with Crippen molar-refractivity contribution in [3.05, 3.63) is 58.6 Å². The molecule has 0 nitrogen and oxygen atoms in total. The number of halogens is 1. The van der Waals surface area contributed by atoms with E-state index in [0.29, 0.717) is 0 Å². The first-order valence-electron chi connectivity index (χ1n) is 6.14. The second-order valence-corrected chi connectivity index (χ2v) is 5.23. The molecule has 0 aliphatic heterocycles. The molecule has 0 atom stereocenters. The lowest BCUT2D eigenvalue weighted by molar-refractivity contribution is 0.795.